The van der Waals surface area contributed by atoms with Crippen molar-refractivity contribution in [3.05, 3.63) is 77.2 Å². The molecule has 31 heavy (non-hydrogen) atoms. The number of anilines is 1. The molecule has 0 saturated carbocycles. The van der Waals surface area contributed by atoms with Crippen LogP contribution in [0.4, 0.5) is 5.69 Å². The third-order valence-corrected chi connectivity index (χ3v) is 5.55. The number of carbonyl (C=O) groups excluding carboxylic acids is 1. The molecule has 1 aliphatic rings. The Bertz CT molecular complexity index is 1340. The van der Waals surface area contributed by atoms with Crippen LogP contribution in [0.5, 0.6) is 11.5 Å². The Kier molecular flexibility index (Phi) is 5.01. The molecule has 5 rings (SSSR count). The third kappa shape index (κ3) is 3.82. The molecule has 0 bridgehead atoms. The van der Waals surface area contributed by atoms with Gasteiger partial charge in [-0.1, -0.05) is 30.0 Å². The zero-order chi connectivity index (χ0) is 21.2. The van der Waals surface area contributed by atoms with Gasteiger partial charge in [-0.25, -0.2) is 9.97 Å². The van der Waals surface area contributed by atoms with Gasteiger partial charge in [-0.3, -0.25) is 14.2 Å². The predicted octanol–water partition coefficient (Wildman–Crippen LogP) is 3.24. The van der Waals surface area contributed by atoms with Crippen LogP contribution in [-0.4, -0.2) is 33.0 Å². The number of carbonyl (C=O) groups is 1. The minimum Gasteiger partial charge on any atom is -0.454 e. The largest absolute Gasteiger partial charge is 0.454 e. The maximum absolute atomic E-state index is 13.1. The number of para-hydroxylation sites is 1. The number of rotatable bonds is 5. The first kappa shape index (κ1) is 19.1. The first-order chi connectivity index (χ1) is 15.2. The average Bonchev–Trinajstić information content (AvgIpc) is 3.26. The van der Waals surface area contributed by atoms with E-state index in [-0.39, 0.29) is 24.0 Å². The molecular formula is C22H16N4O4S. The van der Waals surface area contributed by atoms with Crippen LogP contribution in [0.15, 0.2) is 76.8 Å². The third-order valence-electron chi connectivity index (χ3n) is 4.62. The Morgan fingerprint density at radius 2 is 1.90 bits per heavy atom. The van der Waals surface area contributed by atoms with Gasteiger partial charge >= 0.3 is 0 Å². The van der Waals surface area contributed by atoms with Crippen LogP contribution in [0.3, 0.4) is 0 Å². The van der Waals surface area contributed by atoms with Gasteiger partial charge in [0.15, 0.2) is 22.3 Å². The molecule has 2 aromatic heterocycles. The van der Waals surface area contributed by atoms with Crippen molar-refractivity contribution in [2.24, 2.45) is 0 Å². The molecule has 0 fully saturated rings. The maximum Gasteiger partial charge on any atom is 0.268 e. The van der Waals surface area contributed by atoms with E-state index in [1.807, 2.05) is 30.3 Å². The monoisotopic (exact) mass is 432 g/mol. The van der Waals surface area contributed by atoms with Gasteiger partial charge in [0.05, 0.1) is 16.8 Å². The molecule has 1 N–H and O–H groups in total. The van der Waals surface area contributed by atoms with Crippen molar-refractivity contribution in [2.75, 3.05) is 17.9 Å². The van der Waals surface area contributed by atoms with Crippen molar-refractivity contribution in [3.63, 3.8) is 0 Å². The number of nitrogens with one attached hydrogen (secondary N) is 1. The second-order valence-corrected chi connectivity index (χ2v) is 7.59. The molecule has 1 amide bonds. The van der Waals surface area contributed by atoms with Crippen molar-refractivity contribution in [1.29, 1.82) is 0 Å². The SMILES string of the molecule is O=C(CSc1nc2ncccc2c(=O)n1-c1ccccc1)Nc1ccc2c(c1)OCO2. The Hall–Kier alpha value is -3.85. The summed E-state index contributed by atoms with van der Waals surface area (Å²) in [6, 6.07) is 17.8. The van der Waals surface area contributed by atoms with Crippen LogP contribution in [-0.2, 0) is 4.79 Å². The highest BCUT2D eigenvalue weighted by Gasteiger charge is 2.17. The van der Waals surface area contributed by atoms with Gasteiger partial charge in [-0.2, -0.15) is 0 Å². The number of benzene rings is 2. The van der Waals surface area contributed by atoms with Crippen LogP contribution >= 0.6 is 11.8 Å². The van der Waals surface area contributed by atoms with E-state index in [1.165, 1.54) is 16.3 Å². The summed E-state index contributed by atoms with van der Waals surface area (Å²) in [6.45, 7) is 0.168. The van der Waals surface area contributed by atoms with E-state index in [0.717, 1.165) is 0 Å². The predicted molar refractivity (Wildman–Crippen MR) is 117 cm³/mol. The number of aromatic nitrogens is 3. The van der Waals surface area contributed by atoms with Gasteiger partial charge in [0.25, 0.3) is 5.56 Å². The molecule has 0 saturated heterocycles. The summed E-state index contributed by atoms with van der Waals surface area (Å²) in [7, 11) is 0. The van der Waals surface area contributed by atoms with Gasteiger partial charge in [-0.15, -0.1) is 0 Å². The van der Waals surface area contributed by atoms with Gasteiger partial charge in [0, 0.05) is 18.0 Å². The lowest BCUT2D eigenvalue weighted by atomic mass is 10.3. The highest BCUT2D eigenvalue weighted by atomic mass is 32.2. The number of ether oxygens (including phenoxy) is 2. The Balaban J connectivity index is 1.42. The minimum absolute atomic E-state index is 0.0616. The van der Waals surface area contributed by atoms with Crippen LogP contribution in [0.25, 0.3) is 16.7 Å². The lowest BCUT2D eigenvalue weighted by Crippen LogP contribution is -2.23. The molecular weight excluding hydrogens is 416 g/mol. The van der Waals surface area contributed by atoms with E-state index in [2.05, 4.69) is 15.3 Å². The number of hydrogen-bond acceptors (Lipinski definition) is 7. The van der Waals surface area contributed by atoms with Crippen molar-refractivity contribution >= 4 is 34.4 Å². The molecule has 0 atom stereocenters. The molecule has 4 aromatic rings. The Labute approximate surface area is 180 Å². The number of hydrogen-bond donors (Lipinski definition) is 1. The van der Waals surface area contributed by atoms with Crippen LogP contribution in [0.2, 0.25) is 0 Å². The van der Waals surface area contributed by atoms with Crippen molar-refractivity contribution < 1.29 is 14.3 Å². The zero-order valence-corrected chi connectivity index (χ0v) is 17.0. The summed E-state index contributed by atoms with van der Waals surface area (Å²) in [6.07, 6.45) is 1.59. The maximum atomic E-state index is 13.1. The average molecular weight is 432 g/mol. The number of amides is 1. The molecule has 0 radical (unpaired) electrons. The minimum atomic E-state index is -0.237. The lowest BCUT2D eigenvalue weighted by Gasteiger charge is -2.13. The molecule has 8 nitrogen and oxygen atoms in total. The van der Waals surface area contributed by atoms with Crippen LogP contribution in [0.1, 0.15) is 0 Å². The van der Waals surface area contributed by atoms with Crippen LogP contribution in [0, 0.1) is 0 Å². The normalized spacial score (nSPS) is 12.1. The van der Waals surface area contributed by atoms with E-state index in [4.69, 9.17) is 9.47 Å². The number of thioether (sulfide) groups is 1. The fourth-order valence-electron chi connectivity index (χ4n) is 3.20. The van der Waals surface area contributed by atoms with E-state index < -0.39 is 0 Å². The van der Waals surface area contributed by atoms with Gasteiger partial charge in [0.1, 0.15) is 0 Å². The lowest BCUT2D eigenvalue weighted by molar-refractivity contribution is -0.113. The van der Waals surface area contributed by atoms with Crippen molar-refractivity contribution in [3.8, 4) is 17.2 Å². The summed E-state index contributed by atoms with van der Waals surface area (Å²) < 4.78 is 12.1. The van der Waals surface area contributed by atoms with Crippen molar-refractivity contribution in [2.45, 2.75) is 5.16 Å². The van der Waals surface area contributed by atoms with Gasteiger partial charge < -0.3 is 14.8 Å². The number of fused-ring (bicyclic) bond motifs is 2. The van der Waals surface area contributed by atoms with E-state index >= 15 is 0 Å². The summed E-state index contributed by atoms with van der Waals surface area (Å²) in [4.78, 5) is 34.4. The fourth-order valence-corrected chi connectivity index (χ4v) is 4.00. The Morgan fingerprint density at radius 1 is 1.06 bits per heavy atom. The van der Waals surface area contributed by atoms with Gasteiger partial charge in [-0.05, 0) is 36.4 Å². The molecule has 3 heterocycles. The Morgan fingerprint density at radius 3 is 2.77 bits per heavy atom. The standard InChI is InChI=1S/C22H16N4O4S/c27-19(24-14-8-9-17-18(11-14)30-13-29-17)12-31-22-25-20-16(7-4-10-23-20)21(28)26(22)15-5-2-1-3-6-15/h1-11H,12-13H2,(H,24,27). The highest BCUT2D eigenvalue weighted by molar-refractivity contribution is 7.99. The summed E-state index contributed by atoms with van der Waals surface area (Å²) in [5.41, 5.74) is 1.38. The van der Waals surface area contributed by atoms with Crippen molar-refractivity contribution in [1.82, 2.24) is 14.5 Å². The number of nitrogens with zero attached hydrogens (tertiary/aromatic N) is 3. The molecule has 1 aliphatic heterocycles. The first-order valence-electron chi connectivity index (χ1n) is 9.44. The molecule has 9 heteroatoms. The van der Waals surface area contributed by atoms with Crippen LogP contribution < -0.4 is 20.3 Å². The topological polar surface area (TPSA) is 95.3 Å². The van der Waals surface area contributed by atoms with E-state index in [9.17, 15) is 9.59 Å². The van der Waals surface area contributed by atoms with E-state index in [1.54, 1.807) is 36.5 Å². The molecule has 0 aliphatic carbocycles. The summed E-state index contributed by atoms with van der Waals surface area (Å²) in [5, 5.41) is 3.64. The number of pyridine rings is 1. The molecule has 0 spiro atoms. The smallest absolute Gasteiger partial charge is 0.268 e. The first-order valence-corrected chi connectivity index (χ1v) is 10.4. The fraction of sp³-hybridized carbons (Fsp3) is 0.0909. The quantitative estimate of drug-likeness (QED) is 0.382. The second kappa shape index (κ2) is 8.11. The zero-order valence-electron chi connectivity index (χ0n) is 16.1. The second-order valence-electron chi connectivity index (χ2n) is 6.65. The van der Waals surface area contributed by atoms with Gasteiger partial charge in [0.2, 0.25) is 12.7 Å². The highest BCUT2D eigenvalue weighted by Crippen LogP contribution is 2.34. The molecule has 0 unspecified atom stereocenters. The molecule has 154 valence electrons. The summed E-state index contributed by atoms with van der Waals surface area (Å²) >= 11 is 1.17. The van der Waals surface area contributed by atoms with E-state index in [0.29, 0.717) is 39.1 Å². The molecule has 2 aromatic carbocycles. The summed E-state index contributed by atoms with van der Waals surface area (Å²) in [5.74, 6) is 1.06.